The number of rotatable bonds is 5. The fourth-order valence-electron chi connectivity index (χ4n) is 2.35. The first-order valence-corrected chi connectivity index (χ1v) is 10.5. The van der Waals surface area contributed by atoms with E-state index < -0.39 is 15.9 Å². The van der Waals surface area contributed by atoms with Crippen molar-refractivity contribution in [1.29, 1.82) is 0 Å². The van der Waals surface area contributed by atoms with Crippen LogP contribution in [-0.4, -0.2) is 14.3 Å². The predicted molar refractivity (Wildman–Crippen MR) is 113 cm³/mol. The van der Waals surface area contributed by atoms with Gasteiger partial charge in [-0.05, 0) is 48.5 Å². The largest absolute Gasteiger partial charge is 0.322 e. The van der Waals surface area contributed by atoms with Crippen molar-refractivity contribution in [3.8, 4) is 0 Å². The molecular formula is C19H13Cl3N2O3S. The van der Waals surface area contributed by atoms with Gasteiger partial charge in [0.05, 0.1) is 31.2 Å². The lowest BCUT2D eigenvalue weighted by Gasteiger charge is -2.11. The van der Waals surface area contributed by atoms with Gasteiger partial charge in [-0.2, -0.15) is 0 Å². The van der Waals surface area contributed by atoms with Gasteiger partial charge in [0.15, 0.2) is 0 Å². The fraction of sp³-hybridized carbons (Fsp3) is 0. The van der Waals surface area contributed by atoms with Gasteiger partial charge < -0.3 is 5.32 Å². The monoisotopic (exact) mass is 454 g/mol. The van der Waals surface area contributed by atoms with Gasteiger partial charge in [-0.15, -0.1) is 0 Å². The summed E-state index contributed by atoms with van der Waals surface area (Å²) in [6, 6.07) is 16.9. The number of anilines is 2. The number of hydrogen-bond donors (Lipinski definition) is 2. The summed E-state index contributed by atoms with van der Waals surface area (Å²) in [5, 5.41) is 3.33. The Kier molecular flexibility index (Phi) is 6.15. The highest BCUT2D eigenvalue weighted by Gasteiger charge is 2.17. The predicted octanol–water partition coefficient (Wildman–Crippen LogP) is 5.70. The average Bonchev–Trinajstić information content (AvgIpc) is 2.66. The minimum atomic E-state index is -3.88. The number of nitrogens with one attached hydrogen (secondary N) is 2. The average molecular weight is 456 g/mol. The number of benzene rings is 3. The van der Waals surface area contributed by atoms with Gasteiger partial charge in [0.2, 0.25) is 0 Å². The van der Waals surface area contributed by atoms with Crippen molar-refractivity contribution in [2.75, 3.05) is 10.0 Å². The molecule has 3 rings (SSSR count). The minimum Gasteiger partial charge on any atom is -0.322 e. The van der Waals surface area contributed by atoms with Crippen molar-refractivity contribution < 1.29 is 13.2 Å². The normalized spacial score (nSPS) is 11.1. The third kappa shape index (κ3) is 4.59. The van der Waals surface area contributed by atoms with E-state index in [9.17, 15) is 13.2 Å². The molecule has 0 atom stereocenters. The molecule has 0 fully saturated rings. The van der Waals surface area contributed by atoms with E-state index in [-0.39, 0.29) is 20.6 Å². The molecule has 0 spiro atoms. The molecule has 2 N–H and O–H groups in total. The molecule has 3 aromatic carbocycles. The second kappa shape index (κ2) is 8.41. The zero-order valence-corrected chi connectivity index (χ0v) is 17.2. The van der Waals surface area contributed by atoms with Gasteiger partial charge >= 0.3 is 0 Å². The van der Waals surface area contributed by atoms with Crippen LogP contribution >= 0.6 is 34.8 Å². The van der Waals surface area contributed by atoms with E-state index >= 15 is 0 Å². The first kappa shape index (κ1) is 20.5. The van der Waals surface area contributed by atoms with Gasteiger partial charge in [-0.1, -0.05) is 53.0 Å². The van der Waals surface area contributed by atoms with E-state index in [1.54, 1.807) is 36.4 Å². The Labute approximate surface area is 177 Å². The maximum Gasteiger partial charge on any atom is 0.261 e. The Bertz CT molecular complexity index is 1130. The Balaban J connectivity index is 1.77. The van der Waals surface area contributed by atoms with E-state index in [2.05, 4.69) is 10.0 Å². The molecule has 0 saturated heterocycles. The summed E-state index contributed by atoms with van der Waals surface area (Å²) < 4.78 is 27.5. The van der Waals surface area contributed by atoms with Crippen LogP contribution in [0, 0.1) is 0 Å². The van der Waals surface area contributed by atoms with Crippen molar-refractivity contribution in [3.63, 3.8) is 0 Å². The molecule has 9 heteroatoms. The molecule has 0 aliphatic rings. The first-order valence-electron chi connectivity index (χ1n) is 7.91. The molecule has 5 nitrogen and oxygen atoms in total. The Hall–Kier alpha value is -2.25. The van der Waals surface area contributed by atoms with Gasteiger partial charge in [0.25, 0.3) is 15.9 Å². The molecular weight excluding hydrogens is 443 g/mol. The van der Waals surface area contributed by atoms with E-state index in [4.69, 9.17) is 34.8 Å². The summed E-state index contributed by atoms with van der Waals surface area (Å²) in [6.45, 7) is 0. The number of sulfonamides is 1. The highest BCUT2D eigenvalue weighted by atomic mass is 35.5. The van der Waals surface area contributed by atoms with Crippen molar-refractivity contribution in [2.24, 2.45) is 0 Å². The lowest BCUT2D eigenvalue weighted by molar-refractivity contribution is 0.102. The van der Waals surface area contributed by atoms with Crippen LogP contribution in [0.1, 0.15) is 10.4 Å². The van der Waals surface area contributed by atoms with Crippen LogP contribution in [-0.2, 0) is 10.0 Å². The van der Waals surface area contributed by atoms with E-state index in [0.717, 1.165) is 0 Å². The quantitative estimate of drug-likeness (QED) is 0.518. The summed E-state index contributed by atoms with van der Waals surface area (Å²) in [7, 11) is -3.88. The highest BCUT2D eigenvalue weighted by Crippen LogP contribution is 2.31. The molecule has 0 heterocycles. The Morgan fingerprint density at radius 3 is 2.11 bits per heavy atom. The molecule has 3 aromatic rings. The fourth-order valence-corrected chi connectivity index (χ4v) is 4.04. The van der Waals surface area contributed by atoms with Gasteiger partial charge in [0, 0.05) is 5.69 Å². The smallest absolute Gasteiger partial charge is 0.261 e. The molecule has 1 amide bonds. The summed E-state index contributed by atoms with van der Waals surface area (Å²) in [5.41, 5.74) is 0.910. The van der Waals surface area contributed by atoms with Gasteiger partial charge in [0.1, 0.15) is 0 Å². The van der Waals surface area contributed by atoms with Crippen LogP contribution in [0.4, 0.5) is 11.4 Å². The summed E-state index contributed by atoms with van der Waals surface area (Å²) in [4.78, 5) is 12.3. The summed E-state index contributed by atoms with van der Waals surface area (Å²) in [6.07, 6.45) is 0. The maximum absolute atomic E-state index is 12.5. The topological polar surface area (TPSA) is 75.3 Å². The molecule has 0 saturated carbocycles. The van der Waals surface area contributed by atoms with Crippen LogP contribution in [0.15, 0.2) is 71.6 Å². The van der Waals surface area contributed by atoms with Crippen LogP contribution < -0.4 is 10.0 Å². The standard InChI is InChI=1S/C19H13Cl3N2O3S/c20-15-5-2-1-4-14(15)19(25)23-12-8-10-13(11-9-12)28(26,27)24-17-7-3-6-16(21)18(17)22/h1-11,24H,(H,23,25). The molecule has 0 unspecified atom stereocenters. The van der Waals surface area contributed by atoms with Crippen LogP contribution in [0.2, 0.25) is 15.1 Å². The summed E-state index contributed by atoms with van der Waals surface area (Å²) >= 11 is 17.9. The molecule has 0 aliphatic heterocycles. The van der Waals surface area contributed by atoms with Crippen molar-refractivity contribution in [3.05, 3.63) is 87.4 Å². The number of carbonyl (C=O) groups is 1. The van der Waals surface area contributed by atoms with E-state index in [1.165, 1.54) is 30.3 Å². The zero-order valence-electron chi connectivity index (χ0n) is 14.1. The molecule has 0 bridgehead atoms. The van der Waals surface area contributed by atoms with E-state index in [0.29, 0.717) is 16.3 Å². The first-order chi connectivity index (χ1) is 13.3. The number of halogens is 3. The van der Waals surface area contributed by atoms with Crippen LogP contribution in [0.25, 0.3) is 0 Å². The highest BCUT2D eigenvalue weighted by molar-refractivity contribution is 7.92. The number of hydrogen-bond acceptors (Lipinski definition) is 3. The molecule has 0 aliphatic carbocycles. The van der Waals surface area contributed by atoms with E-state index in [1.807, 2.05) is 0 Å². The van der Waals surface area contributed by atoms with Gasteiger partial charge in [-0.3, -0.25) is 9.52 Å². The molecule has 0 radical (unpaired) electrons. The third-order valence-corrected chi connectivity index (χ3v) is 6.27. The lowest BCUT2D eigenvalue weighted by Crippen LogP contribution is -2.14. The minimum absolute atomic E-state index is 0.000662. The zero-order chi connectivity index (χ0) is 20.3. The van der Waals surface area contributed by atoms with Crippen molar-refractivity contribution >= 4 is 62.1 Å². The van der Waals surface area contributed by atoms with Crippen molar-refractivity contribution in [2.45, 2.75) is 4.90 Å². The van der Waals surface area contributed by atoms with Crippen molar-refractivity contribution in [1.82, 2.24) is 0 Å². The number of amides is 1. The Morgan fingerprint density at radius 2 is 1.43 bits per heavy atom. The molecule has 0 aromatic heterocycles. The molecule has 144 valence electrons. The number of carbonyl (C=O) groups excluding carboxylic acids is 1. The van der Waals surface area contributed by atoms with Crippen LogP contribution in [0.3, 0.4) is 0 Å². The lowest BCUT2D eigenvalue weighted by atomic mass is 10.2. The Morgan fingerprint density at radius 1 is 0.786 bits per heavy atom. The van der Waals surface area contributed by atoms with Gasteiger partial charge in [-0.25, -0.2) is 8.42 Å². The maximum atomic E-state index is 12.5. The van der Waals surface area contributed by atoms with Crippen LogP contribution in [0.5, 0.6) is 0 Å². The third-order valence-electron chi connectivity index (χ3n) is 3.74. The second-order valence-corrected chi connectivity index (χ2v) is 8.54. The summed E-state index contributed by atoms with van der Waals surface area (Å²) in [5.74, 6) is -0.398. The second-order valence-electron chi connectivity index (χ2n) is 5.67. The SMILES string of the molecule is O=C(Nc1ccc(S(=O)(=O)Nc2cccc(Cl)c2Cl)cc1)c1ccccc1Cl. The molecule has 28 heavy (non-hydrogen) atoms.